The van der Waals surface area contributed by atoms with Gasteiger partial charge in [0.25, 0.3) is 0 Å². The van der Waals surface area contributed by atoms with Crippen molar-refractivity contribution >= 4 is 23.2 Å². The van der Waals surface area contributed by atoms with E-state index in [0.717, 1.165) is 43.1 Å². The maximum atomic E-state index is 6.34. The highest BCUT2D eigenvalue weighted by atomic mass is 35.5. The molecule has 1 aromatic carbocycles. The first kappa shape index (κ1) is 20.9. The van der Waals surface area contributed by atoms with Crippen LogP contribution in [0.25, 0.3) is 11.3 Å². The van der Waals surface area contributed by atoms with Crippen molar-refractivity contribution in [3.63, 3.8) is 0 Å². The molecule has 160 valence electrons. The Labute approximate surface area is 193 Å². The van der Waals surface area contributed by atoms with Crippen molar-refractivity contribution in [2.45, 2.75) is 57.5 Å². The van der Waals surface area contributed by atoms with Gasteiger partial charge in [0.1, 0.15) is 5.82 Å². The Kier molecular flexibility index (Phi) is 6.22. The summed E-state index contributed by atoms with van der Waals surface area (Å²) in [4.78, 5) is 16.8. The summed E-state index contributed by atoms with van der Waals surface area (Å²) in [6, 6.07) is 9.77. The van der Waals surface area contributed by atoms with Crippen molar-refractivity contribution < 1.29 is 0 Å². The Morgan fingerprint density at radius 1 is 0.968 bits per heavy atom. The predicted octanol–water partition coefficient (Wildman–Crippen LogP) is 6.45. The summed E-state index contributed by atoms with van der Waals surface area (Å²) in [5, 5.41) is 1.09. The summed E-state index contributed by atoms with van der Waals surface area (Å²) in [7, 11) is 0. The fourth-order valence-electron chi connectivity index (χ4n) is 4.72. The molecule has 5 rings (SSSR count). The number of halogens is 2. The van der Waals surface area contributed by atoms with Crippen LogP contribution < -0.4 is 0 Å². The van der Waals surface area contributed by atoms with Gasteiger partial charge in [-0.3, -0.25) is 9.88 Å². The lowest BCUT2D eigenvalue weighted by Gasteiger charge is -2.29. The highest BCUT2D eigenvalue weighted by Crippen LogP contribution is 2.33. The van der Waals surface area contributed by atoms with E-state index in [1.807, 2.05) is 24.4 Å². The maximum Gasteiger partial charge on any atom is 0.131 e. The fourth-order valence-corrected chi connectivity index (χ4v) is 5.12. The van der Waals surface area contributed by atoms with E-state index in [9.17, 15) is 0 Å². The van der Waals surface area contributed by atoms with Crippen LogP contribution in [0.2, 0.25) is 10.0 Å². The number of hydrogen-bond acceptors (Lipinski definition) is 4. The van der Waals surface area contributed by atoms with Crippen LogP contribution in [0.5, 0.6) is 0 Å². The minimum absolute atomic E-state index is 0.546. The molecule has 2 aromatic heterocycles. The number of pyridine rings is 1. The van der Waals surface area contributed by atoms with Crippen molar-refractivity contribution in [2.75, 3.05) is 6.54 Å². The minimum atomic E-state index is 0.546. The molecule has 31 heavy (non-hydrogen) atoms. The Balaban J connectivity index is 1.25. The van der Waals surface area contributed by atoms with Crippen molar-refractivity contribution in [1.29, 1.82) is 0 Å². The first-order valence-corrected chi connectivity index (χ1v) is 11.9. The van der Waals surface area contributed by atoms with Gasteiger partial charge in [-0.1, -0.05) is 60.7 Å². The lowest BCUT2D eigenvalue weighted by Crippen LogP contribution is -2.31. The van der Waals surface area contributed by atoms with Gasteiger partial charge < -0.3 is 0 Å². The van der Waals surface area contributed by atoms with Crippen molar-refractivity contribution in [3.05, 3.63) is 75.4 Å². The number of fused-ring (bicyclic) bond motifs is 1. The van der Waals surface area contributed by atoms with Crippen LogP contribution in [-0.2, 0) is 19.5 Å². The normalized spacial score (nSPS) is 17.5. The standard InChI is InChI=1S/C25H26Cl2N4/c26-21-8-4-7-20(24(21)27)23-10-9-17(13-28-23)15-31-12-11-22-19(16-31)14-29-25(30-22)18-5-2-1-3-6-18/h4,7-10,13-14,18H,1-3,5-6,11-12,15-16H2. The van der Waals surface area contributed by atoms with E-state index in [-0.39, 0.29) is 0 Å². The molecule has 1 aliphatic carbocycles. The monoisotopic (exact) mass is 452 g/mol. The SMILES string of the molecule is Clc1cccc(-c2ccc(CN3CCc4nc(C5CCCCC5)ncc4C3)cn2)c1Cl. The Morgan fingerprint density at radius 2 is 1.84 bits per heavy atom. The molecule has 1 aliphatic heterocycles. The molecular formula is C25H26Cl2N4. The molecule has 0 radical (unpaired) electrons. The Bertz CT molecular complexity index is 1060. The van der Waals surface area contributed by atoms with Crippen LogP contribution in [0, 0.1) is 0 Å². The van der Waals surface area contributed by atoms with Gasteiger partial charge in [-0.15, -0.1) is 0 Å². The van der Waals surface area contributed by atoms with Gasteiger partial charge in [-0.25, -0.2) is 9.97 Å². The molecule has 1 saturated carbocycles. The minimum Gasteiger partial charge on any atom is -0.294 e. The second-order valence-electron chi connectivity index (χ2n) is 8.65. The topological polar surface area (TPSA) is 41.9 Å². The van der Waals surface area contributed by atoms with Crippen LogP contribution >= 0.6 is 23.2 Å². The Morgan fingerprint density at radius 3 is 2.65 bits per heavy atom. The van der Waals surface area contributed by atoms with Crippen LogP contribution in [0.4, 0.5) is 0 Å². The molecule has 1 fully saturated rings. The number of rotatable bonds is 4. The Hall–Kier alpha value is -2.01. The quantitative estimate of drug-likeness (QED) is 0.455. The van der Waals surface area contributed by atoms with E-state index >= 15 is 0 Å². The summed E-state index contributed by atoms with van der Waals surface area (Å²) >= 11 is 12.5. The van der Waals surface area contributed by atoms with E-state index in [4.69, 9.17) is 33.2 Å². The first-order valence-electron chi connectivity index (χ1n) is 11.1. The first-order chi connectivity index (χ1) is 15.2. The van der Waals surface area contributed by atoms with E-state index in [2.05, 4.69) is 22.1 Å². The predicted molar refractivity (Wildman–Crippen MR) is 125 cm³/mol. The molecule has 0 spiro atoms. The van der Waals surface area contributed by atoms with Crippen LogP contribution in [0.3, 0.4) is 0 Å². The molecule has 4 nitrogen and oxygen atoms in total. The maximum absolute atomic E-state index is 6.34. The van der Waals surface area contributed by atoms with Gasteiger partial charge in [0.15, 0.2) is 0 Å². The van der Waals surface area contributed by atoms with Gasteiger partial charge in [-0.05, 0) is 30.5 Å². The van der Waals surface area contributed by atoms with Crippen LogP contribution in [0.1, 0.15) is 60.7 Å². The third-order valence-electron chi connectivity index (χ3n) is 6.46. The van der Waals surface area contributed by atoms with Gasteiger partial charge in [0, 0.05) is 61.2 Å². The second-order valence-corrected chi connectivity index (χ2v) is 9.43. The molecule has 0 saturated heterocycles. The highest BCUT2D eigenvalue weighted by Gasteiger charge is 2.23. The van der Waals surface area contributed by atoms with Gasteiger partial charge in [-0.2, -0.15) is 0 Å². The smallest absolute Gasteiger partial charge is 0.131 e. The molecule has 0 N–H and O–H groups in total. The van der Waals surface area contributed by atoms with Gasteiger partial charge >= 0.3 is 0 Å². The molecule has 0 bridgehead atoms. The molecule has 2 aliphatic rings. The zero-order valence-corrected chi connectivity index (χ0v) is 19.0. The van der Waals surface area contributed by atoms with Crippen molar-refractivity contribution in [1.82, 2.24) is 19.9 Å². The van der Waals surface area contributed by atoms with Crippen molar-refractivity contribution in [3.8, 4) is 11.3 Å². The number of benzene rings is 1. The van der Waals surface area contributed by atoms with E-state index in [1.54, 1.807) is 6.07 Å². The van der Waals surface area contributed by atoms with E-state index in [1.165, 1.54) is 48.9 Å². The molecule has 0 unspecified atom stereocenters. The van der Waals surface area contributed by atoms with Crippen LogP contribution in [0.15, 0.2) is 42.7 Å². The second kappa shape index (κ2) is 9.23. The number of aromatic nitrogens is 3. The van der Waals surface area contributed by atoms with E-state index < -0.39 is 0 Å². The van der Waals surface area contributed by atoms with Gasteiger partial charge in [0.05, 0.1) is 15.7 Å². The molecule has 3 aromatic rings. The fraction of sp³-hybridized carbons (Fsp3) is 0.400. The molecule has 6 heteroatoms. The largest absolute Gasteiger partial charge is 0.294 e. The third-order valence-corrected chi connectivity index (χ3v) is 7.28. The lowest BCUT2D eigenvalue weighted by molar-refractivity contribution is 0.242. The zero-order chi connectivity index (χ0) is 21.2. The van der Waals surface area contributed by atoms with Crippen molar-refractivity contribution in [2.24, 2.45) is 0 Å². The highest BCUT2D eigenvalue weighted by molar-refractivity contribution is 6.43. The molecular weight excluding hydrogens is 427 g/mol. The summed E-state index contributed by atoms with van der Waals surface area (Å²) in [5.41, 5.74) is 5.39. The third kappa shape index (κ3) is 4.62. The van der Waals surface area contributed by atoms with Crippen LogP contribution in [-0.4, -0.2) is 26.4 Å². The lowest BCUT2D eigenvalue weighted by atomic mass is 9.88. The summed E-state index contributed by atoms with van der Waals surface area (Å²) in [6.45, 7) is 2.76. The van der Waals surface area contributed by atoms with E-state index in [0.29, 0.717) is 16.0 Å². The molecule has 0 atom stereocenters. The summed E-state index contributed by atoms with van der Waals surface area (Å²) in [5.74, 6) is 1.64. The number of hydrogen-bond donors (Lipinski definition) is 0. The summed E-state index contributed by atoms with van der Waals surface area (Å²) < 4.78 is 0. The zero-order valence-electron chi connectivity index (χ0n) is 17.5. The average molecular weight is 453 g/mol. The molecule has 0 amide bonds. The van der Waals surface area contributed by atoms with Gasteiger partial charge in [0.2, 0.25) is 0 Å². The number of nitrogens with zero attached hydrogens (tertiary/aromatic N) is 4. The summed E-state index contributed by atoms with van der Waals surface area (Å²) in [6.07, 6.45) is 11.5. The average Bonchev–Trinajstić information content (AvgIpc) is 2.82. The molecule has 3 heterocycles.